The van der Waals surface area contributed by atoms with Crippen molar-refractivity contribution in [1.82, 2.24) is 13.7 Å². The molecule has 23 rings (SSSR count). The predicted octanol–water partition coefficient (Wildman–Crippen LogP) is 33.3. The van der Waals surface area contributed by atoms with E-state index in [0.29, 0.717) is 45.3 Å². The van der Waals surface area contributed by atoms with Crippen LogP contribution in [0, 0.1) is 27.7 Å². The number of ether oxygens (including phenoxy) is 4. The van der Waals surface area contributed by atoms with Gasteiger partial charge in [-0.3, -0.25) is 19.2 Å². The summed E-state index contributed by atoms with van der Waals surface area (Å²) in [5.74, 6) is 2.54. The standard InChI is InChI=1S/C52H43NO2.C28H23NO2.C28H29NO2.C24H21NO2/c1-30(54)48(31(2)55-7)40-22-16-32-18-24-42-47(27-19-33-17-23-41(40)49(32)50(33)42)53(34-20-25-38-36-12-8-10-14-43(36)51(3,4)45(38)28-34)35-21-26-39-37-13-9-11-15-44(37)52(5,6)46(39)29-35;1-18(30)28(19(2)31-3)24-16-17-27(21-11-5-4-10-20(21)24)29-25-14-8-6-12-22(25)23-13-7-9-15-26(23)29;1-16-18(3)28(19(4)17(2)26(16)27(20(5)30)21(6)31-7)29-24-14-10-8-12-22(24)23-13-9-11-15-25(23)29;1-16(26)24(17(2)27-3)18-12-14-19(15-13-18)25-22-10-6-4-8-20(22)21-9-5-7-11-23(21)25/h8-29H,1-7H3;4-17H,1-3H3;8-15H,1-7H3;4-15H,1-3H3/b48-31+;28-19+;27-21+;24-17+. The number of aromatic nitrogens is 3. The first-order valence-electron chi connectivity index (χ1n) is 49.2. The number of allylic oxidation sites excluding steroid dienone is 8. The second kappa shape index (κ2) is 37.7. The van der Waals surface area contributed by atoms with Crippen LogP contribution in [0.2, 0.25) is 0 Å². The van der Waals surface area contributed by atoms with Crippen LogP contribution in [0.25, 0.3) is 170 Å². The number of hydrogen-bond donors (Lipinski definition) is 0. The third-order valence-corrected chi connectivity index (χ3v) is 30.5. The van der Waals surface area contributed by atoms with Crippen LogP contribution in [0.5, 0.6) is 0 Å². The highest BCUT2D eigenvalue weighted by Gasteiger charge is 2.39. The first-order valence-corrected chi connectivity index (χ1v) is 49.2. The molecule has 0 amide bonds. The van der Waals surface area contributed by atoms with Crippen molar-refractivity contribution in [3.63, 3.8) is 0 Å². The fourth-order valence-electron chi connectivity index (χ4n) is 23.2. The summed E-state index contributed by atoms with van der Waals surface area (Å²) >= 11 is 0. The number of benzene rings is 18. The third-order valence-electron chi connectivity index (χ3n) is 30.5. The minimum absolute atomic E-state index is 0.000959. The summed E-state index contributed by atoms with van der Waals surface area (Å²) in [7, 11) is 6.44. The highest BCUT2D eigenvalue weighted by Crippen LogP contribution is 2.56. The summed E-state index contributed by atoms with van der Waals surface area (Å²) in [4.78, 5) is 52.8. The number of nitrogens with zero attached hydrogens (tertiary/aromatic N) is 4. The zero-order chi connectivity index (χ0) is 101. The van der Waals surface area contributed by atoms with Gasteiger partial charge < -0.3 is 37.5 Å². The van der Waals surface area contributed by atoms with E-state index in [1.54, 1.807) is 56.1 Å². The molecule has 712 valence electrons. The van der Waals surface area contributed by atoms with Gasteiger partial charge in [-0.15, -0.1) is 0 Å². The molecular weight excluding hydrogens is 1770 g/mol. The average molecular weight is 1890 g/mol. The Morgan fingerprint density at radius 1 is 0.271 bits per heavy atom. The zero-order valence-electron chi connectivity index (χ0n) is 85.4. The van der Waals surface area contributed by atoms with E-state index in [1.807, 2.05) is 58.0 Å². The molecule has 144 heavy (non-hydrogen) atoms. The first-order chi connectivity index (χ1) is 69.5. The van der Waals surface area contributed by atoms with Gasteiger partial charge in [0.05, 0.1) is 101 Å². The van der Waals surface area contributed by atoms with Crippen LogP contribution in [0.15, 0.2) is 363 Å². The molecule has 0 spiro atoms. The van der Waals surface area contributed by atoms with Crippen LogP contribution in [-0.4, -0.2) is 65.3 Å². The Hall–Kier alpha value is -16.7. The predicted molar refractivity (Wildman–Crippen MR) is 600 cm³/mol. The van der Waals surface area contributed by atoms with Crippen LogP contribution in [0.3, 0.4) is 0 Å². The highest BCUT2D eigenvalue weighted by molar-refractivity contribution is 6.32. The molecule has 0 saturated heterocycles. The van der Waals surface area contributed by atoms with E-state index in [9.17, 15) is 19.2 Å². The molecule has 0 atom stereocenters. The van der Waals surface area contributed by atoms with Crippen LogP contribution >= 0.6 is 0 Å². The minimum Gasteiger partial charge on any atom is -0.501 e. The van der Waals surface area contributed by atoms with Crippen molar-refractivity contribution in [2.75, 3.05) is 33.3 Å². The molecule has 0 N–H and O–H groups in total. The van der Waals surface area contributed by atoms with Crippen LogP contribution in [0.4, 0.5) is 17.1 Å². The summed E-state index contributed by atoms with van der Waals surface area (Å²) in [5.41, 5.74) is 34.9. The number of Topliss-reactive ketones (excluding diaryl/α,β-unsaturated/α-hetero) is 4. The number of methoxy groups -OCH3 is 4. The van der Waals surface area contributed by atoms with Crippen molar-refractivity contribution in [3.05, 3.63) is 430 Å². The number of carbonyl (C=O) groups excluding carboxylic acids is 4. The molecule has 0 unspecified atom stereocenters. The number of carbonyl (C=O) groups is 4. The topological polar surface area (TPSA) is 123 Å². The molecule has 2 aliphatic rings. The Kier molecular flexibility index (Phi) is 24.8. The third kappa shape index (κ3) is 15.7. The van der Waals surface area contributed by atoms with E-state index < -0.39 is 0 Å². The molecule has 3 aromatic heterocycles. The van der Waals surface area contributed by atoms with Gasteiger partial charge >= 0.3 is 0 Å². The molecule has 12 heteroatoms. The SMILES string of the molecule is CO/C(C)=C(\C(C)=O)c1c(C)c(C)c(-n2c3ccccc3c3ccccc32)c(C)c1C.CO/C(C)=C(\C(C)=O)c1ccc(-n2c3ccccc3c3ccccc32)c2ccccc12.CO/C(C)=C(\C(C)=O)c1ccc(-n2c3ccccc3c3ccccc32)cc1.CO/C(C)=C(\C(C)=O)c1ccc2ccc3c(N(c4ccc5c(c4)C(C)(C)c4ccccc4-5)c4ccc5c(c4)C(C)(C)c4ccccc4-5)ccc4ccc1c2c43. The van der Waals surface area contributed by atoms with Gasteiger partial charge in [-0.25, -0.2) is 0 Å². The summed E-state index contributed by atoms with van der Waals surface area (Å²) in [6.45, 7) is 31.7. The van der Waals surface area contributed by atoms with Crippen molar-refractivity contribution in [1.29, 1.82) is 0 Å². The van der Waals surface area contributed by atoms with E-state index in [0.717, 1.165) is 105 Å². The first kappa shape index (κ1) is 94.9. The number of ketones is 4. The summed E-state index contributed by atoms with van der Waals surface area (Å²) in [5, 5.41) is 16.4. The van der Waals surface area contributed by atoms with Crippen molar-refractivity contribution in [3.8, 4) is 39.3 Å². The fourth-order valence-corrected chi connectivity index (χ4v) is 23.2. The number of fused-ring (bicyclic) bond motifs is 16. The number of rotatable bonds is 18. The molecule has 0 radical (unpaired) electrons. The van der Waals surface area contributed by atoms with Gasteiger partial charge in [0.15, 0.2) is 23.1 Å². The fraction of sp³-hybridized carbons (Fsp3) is 0.167. The summed E-state index contributed by atoms with van der Waals surface area (Å²) in [6.07, 6.45) is 0. The van der Waals surface area contributed by atoms with Gasteiger partial charge in [0.25, 0.3) is 0 Å². The largest absolute Gasteiger partial charge is 0.501 e. The molecule has 18 aromatic carbocycles. The Labute approximate surface area is 841 Å². The Balaban J connectivity index is 0.000000123. The molecule has 2 aliphatic carbocycles. The minimum atomic E-state index is -0.142. The molecule has 0 saturated carbocycles. The van der Waals surface area contributed by atoms with E-state index in [4.69, 9.17) is 18.9 Å². The molecule has 3 heterocycles. The number of anilines is 3. The molecule has 0 aliphatic heterocycles. The van der Waals surface area contributed by atoms with Crippen LogP contribution in [0.1, 0.15) is 150 Å². The quantitative estimate of drug-likeness (QED) is 0.0469. The maximum absolute atomic E-state index is 13.1. The number of hydrogen-bond acceptors (Lipinski definition) is 9. The molecular formula is C132H116N4O8. The second-order valence-electron chi connectivity index (χ2n) is 39.1. The van der Waals surface area contributed by atoms with Crippen molar-refractivity contribution < 1.29 is 38.1 Å². The van der Waals surface area contributed by atoms with Gasteiger partial charge in [0.2, 0.25) is 0 Å². The Morgan fingerprint density at radius 2 is 0.597 bits per heavy atom. The van der Waals surface area contributed by atoms with E-state index in [1.165, 1.54) is 126 Å². The smallest absolute Gasteiger partial charge is 0.163 e. The average Bonchev–Trinajstić information content (AvgIpc) is 1.72. The van der Waals surface area contributed by atoms with Gasteiger partial charge in [-0.1, -0.05) is 282 Å². The lowest BCUT2D eigenvalue weighted by molar-refractivity contribution is -0.112. The zero-order valence-corrected chi connectivity index (χ0v) is 85.4. The lowest BCUT2D eigenvalue weighted by Gasteiger charge is -2.31. The second-order valence-corrected chi connectivity index (χ2v) is 39.1. The highest BCUT2D eigenvalue weighted by atomic mass is 16.5. The molecule has 0 fully saturated rings. The maximum Gasteiger partial charge on any atom is 0.163 e. The summed E-state index contributed by atoms with van der Waals surface area (Å²) in [6, 6.07) is 121. The van der Waals surface area contributed by atoms with Gasteiger partial charge in [-0.05, 0) is 289 Å². The Morgan fingerprint density at radius 3 is 1.02 bits per heavy atom. The van der Waals surface area contributed by atoms with Crippen LogP contribution < -0.4 is 4.90 Å². The van der Waals surface area contributed by atoms with Gasteiger partial charge in [0.1, 0.15) is 23.0 Å². The van der Waals surface area contributed by atoms with Crippen molar-refractivity contribution in [2.45, 2.75) is 122 Å². The molecule has 0 bridgehead atoms. The maximum atomic E-state index is 13.1. The monoisotopic (exact) mass is 1880 g/mol. The lowest BCUT2D eigenvalue weighted by atomic mass is 9.82. The van der Waals surface area contributed by atoms with Gasteiger partial charge in [0, 0.05) is 71.0 Å². The normalized spacial score (nSPS) is 13.4. The van der Waals surface area contributed by atoms with Crippen molar-refractivity contribution >= 4 is 171 Å². The van der Waals surface area contributed by atoms with E-state index >= 15 is 0 Å². The van der Waals surface area contributed by atoms with Crippen LogP contribution in [-0.2, 0) is 49.0 Å². The number of para-hydroxylation sites is 6. The van der Waals surface area contributed by atoms with Gasteiger partial charge in [-0.2, -0.15) is 0 Å². The molecule has 12 nitrogen and oxygen atoms in total. The van der Waals surface area contributed by atoms with Crippen molar-refractivity contribution in [2.24, 2.45) is 0 Å². The lowest BCUT2D eigenvalue weighted by Crippen LogP contribution is -2.18. The van der Waals surface area contributed by atoms with E-state index in [-0.39, 0.29) is 34.0 Å². The summed E-state index contributed by atoms with van der Waals surface area (Å²) < 4.78 is 28.8. The Bertz CT molecular complexity index is 8750. The van der Waals surface area contributed by atoms with E-state index in [2.05, 4.69) is 383 Å². The molecule has 21 aromatic rings.